The van der Waals surface area contributed by atoms with Crippen LogP contribution in [-0.4, -0.2) is 24.5 Å². The van der Waals surface area contributed by atoms with Crippen molar-refractivity contribution in [2.45, 2.75) is 25.9 Å². The van der Waals surface area contributed by atoms with Crippen LogP contribution in [0.15, 0.2) is 41.0 Å². The molecule has 1 saturated heterocycles. The number of rotatable bonds is 4. The van der Waals surface area contributed by atoms with E-state index < -0.39 is 6.10 Å². The quantitative estimate of drug-likeness (QED) is 0.909. The predicted octanol–water partition coefficient (Wildman–Crippen LogP) is 2.96. The fourth-order valence-electron chi connectivity index (χ4n) is 2.46. The molecule has 2 heterocycles. The van der Waals surface area contributed by atoms with Gasteiger partial charge in [-0.2, -0.15) is 0 Å². The summed E-state index contributed by atoms with van der Waals surface area (Å²) in [5.74, 6) is -0.352. The van der Waals surface area contributed by atoms with Crippen LogP contribution in [0.4, 0.5) is 11.4 Å². The van der Waals surface area contributed by atoms with Crippen LogP contribution in [0.2, 0.25) is 0 Å². The van der Waals surface area contributed by atoms with Gasteiger partial charge in [-0.1, -0.05) is 6.07 Å². The average molecular weight is 314 g/mol. The molecular weight excluding hydrogens is 296 g/mol. The van der Waals surface area contributed by atoms with Crippen molar-refractivity contribution in [3.05, 3.63) is 47.9 Å². The van der Waals surface area contributed by atoms with E-state index in [2.05, 4.69) is 10.6 Å². The van der Waals surface area contributed by atoms with Crippen molar-refractivity contribution in [3.63, 3.8) is 0 Å². The predicted molar refractivity (Wildman–Crippen MR) is 85.4 cm³/mol. The Bertz CT molecular complexity index is 703. The molecule has 120 valence electrons. The second-order valence-electron chi connectivity index (χ2n) is 5.47. The number of carbonyl (C=O) groups is 2. The lowest BCUT2D eigenvalue weighted by Crippen LogP contribution is -2.27. The number of benzene rings is 1. The minimum atomic E-state index is -0.427. The summed E-state index contributed by atoms with van der Waals surface area (Å²) < 4.78 is 10.5. The molecule has 0 aliphatic carbocycles. The molecule has 1 atom stereocenters. The van der Waals surface area contributed by atoms with E-state index in [4.69, 9.17) is 9.15 Å². The van der Waals surface area contributed by atoms with E-state index in [1.807, 2.05) is 19.1 Å². The first-order valence-corrected chi connectivity index (χ1v) is 7.51. The molecule has 1 fully saturated rings. The molecule has 0 spiro atoms. The summed E-state index contributed by atoms with van der Waals surface area (Å²) in [6.07, 6.45) is 2.60. The monoisotopic (exact) mass is 314 g/mol. The Morgan fingerprint density at radius 2 is 2.04 bits per heavy atom. The van der Waals surface area contributed by atoms with Crippen molar-refractivity contribution in [1.82, 2.24) is 0 Å². The standard InChI is InChI=1S/C17H18N2O4/c1-11-6-7-12(18-16(20)14-4-2-8-22-14)13(10-11)19-17(21)15-5-3-9-23-15/h2,4,6-8,10,15H,3,5,9H2,1H3,(H,18,20)(H,19,21)/t15-/m0/s1. The third-order valence-electron chi connectivity index (χ3n) is 3.65. The largest absolute Gasteiger partial charge is 0.459 e. The zero-order valence-corrected chi connectivity index (χ0v) is 12.8. The molecule has 0 saturated carbocycles. The first-order chi connectivity index (χ1) is 11.1. The molecule has 0 radical (unpaired) electrons. The molecule has 0 unspecified atom stereocenters. The Balaban J connectivity index is 1.77. The molecule has 1 aliphatic rings. The van der Waals surface area contributed by atoms with Gasteiger partial charge in [0.1, 0.15) is 6.10 Å². The zero-order valence-electron chi connectivity index (χ0n) is 12.8. The van der Waals surface area contributed by atoms with Gasteiger partial charge in [-0.05, 0) is 49.6 Å². The van der Waals surface area contributed by atoms with E-state index in [1.165, 1.54) is 6.26 Å². The van der Waals surface area contributed by atoms with Crippen LogP contribution in [0, 0.1) is 6.92 Å². The highest BCUT2D eigenvalue weighted by atomic mass is 16.5. The SMILES string of the molecule is Cc1ccc(NC(=O)c2ccco2)c(NC(=O)[C@@H]2CCCO2)c1. The van der Waals surface area contributed by atoms with Crippen LogP contribution >= 0.6 is 0 Å². The molecule has 2 amide bonds. The molecule has 23 heavy (non-hydrogen) atoms. The number of hydrogen-bond donors (Lipinski definition) is 2. The highest BCUT2D eigenvalue weighted by molar-refractivity contribution is 6.06. The van der Waals surface area contributed by atoms with E-state index in [0.29, 0.717) is 24.4 Å². The number of aryl methyl sites for hydroxylation is 1. The maximum Gasteiger partial charge on any atom is 0.291 e. The smallest absolute Gasteiger partial charge is 0.291 e. The molecule has 1 aromatic carbocycles. The van der Waals surface area contributed by atoms with Gasteiger partial charge in [0.25, 0.3) is 11.8 Å². The zero-order chi connectivity index (χ0) is 16.2. The third kappa shape index (κ3) is 3.60. The summed E-state index contributed by atoms with van der Waals surface area (Å²) >= 11 is 0. The van der Waals surface area contributed by atoms with Gasteiger partial charge in [0, 0.05) is 6.61 Å². The number of hydrogen-bond acceptors (Lipinski definition) is 4. The van der Waals surface area contributed by atoms with Crippen LogP contribution in [0.3, 0.4) is 0 Å². The van der Waals surface area contributed by atoms with Crippen LogP contribution in [0.25, 0.3) is 0 Å². The number of furan rings is 1. The van der Waals surface area contributed by atoms with Gasteiger partial charge in [0.05, 0.1) is 17.6 Å². The molecule has 2 aromatic rings. The van der Waals surface area contributed by atoms with E-state index >= 15 is 0 Å². The molecular formula is C17H18N2O4. The maximum absolute atomic E-state index is 12.2. The summed E-state index contributed by atoms with van der Waals surface area (Å²) in [6.45, 7) is 2.52. The summed E-state index contributed by atoms with van der Waals surface area (Å²) in [5, 5.41) is 5.58. The minimum absolute atomic E-state index is 0.193. The lowest BCUT2D eigenvalue weighted by Gasteiger charge is -2.15. The van der Waals surface area contributed by atoms with Gasteiger partial charge < -0.3 is 19.8 Å². The number of amides is 2. The van der Waals surface area contributed by atoms with Crippen LogP contribution < -0.4 is 10.6 Å². The first-order valence-electron chi connectivity index (χ1n) is 7.51. The lowest BCUT2D eigenvalue weighted by atomic mass is 10.1. The Hall–Kier alpha value is -2.60. The van der Waals surface area contributed by atoms with Gasteiger partial charge in [0.2, 0.25) is 0 Å². The van der Waals surface area contributed by atoms with Crippen LogP contribution in [0.5, 0.6) is 0 Å². The summed E-state index contributed by atoms with van der Waals surface area (Å²) in [4.78, 5) is 24.3. The molecule has 0 bridgehead atoms. The van der Waals surface area contributed by atoms with Gasteiger partial charge >= 0.3 is 0 Å². The van der Waals surface area contributed by atoms with Crippen LogP contribution in [0.1, 0.15) is 29.0 Å². The van der Waals surface area contributed by atoms with E-state index in [9.17, 15) is 9.59 Å². The van der Waals surface area contributed by atoms with Crippen molar-refractivity contribution < 1.29 is 18.7 Å². The van der Waals surface area contributed by atoms with Crippen molar-refractivity contribution in [1.29, 1.82) is 0 Å². The maximum atomic E-state index is 12.2. The highest BCUT2D eigenvalue weighted by Crippen LogP contribution is 2.25. The molecule has 2 N–H and O–H groups in total. The van der Waals surface area contributed by atoms with Gasteiger partial charge in [-0.15, -0.1) is 0 Å². The number of ether oxygens (including phenoxy) is 1. The lowest BCUT2D eigenvalue weighted by molar-refractivity contribution is -0.124. The van der Waals surface area contributed by atoms with Crippen molar-refractivity contribution in [2.75, 3.05) is 17.2 Å². The van der Waals surface area contributed by atoms with E-state index in [-0.39, 0.29) is 17.6 Å². The van der Waals surface area contributed by atoms with E-state index in [1.54, 1.807) is 18.2 Å². The Kier molecular flexibility index (Phi) is 4.43. The number of carbonyl (C=O) groups excluding carboxylic acids is 2. The normalized spacial score (nSPS) is 17.0. The number of anilines is 2. The first kappa shape index (κ1) is 15.3. The van der Waals surface area contributed by atoms with E-state index in [0.717, 1.165) is 12.0 Å². The Morgan fingerprint density at radius 3 is 2.74 bits per heavy atom. The fraction of sp³-hybridized carbons (Fsp3) is 0.294. The summed E-state index contributed by atoms with van der Waals surface area (Å²) in [5.41, 5.74) is 2.04. The van der Waals surface area contributed by atoms with Gasteiger partial charge in [-0.3, -0.25) is 9.59 Å². The van der Waals surface area contributed by atoms with Crippen molar-refractivity contribution in [3.8, 4) is 0 Å². The topological polar surface area (TPSA) is 80.6 Å². The molecule has 3 rings (SSSR count). The second kappa shape index (κ2) is 6.66. The molecule has 1 aromatic heterocycles. The summed E-state index contributed by atoms with van der Waals surface area (Å²) in [6, 6.07) is 8.64. The average Bonchev–Trinajstić information content (AvgIpc) is 3.23. The number of nitrogens with one attached hydrogen (secondary N) is 2. The fourth-order valence-corrected chi connectivity index (χ4v) is 2.46. The molecule has 1 aliphatic heterocycles. The Labute approximate surface area is 133 Å². The molecule has 6 heteroatoms. The van der Waals surface area contributed by atoms with Gasteiger partial charge in [-0.25, -0.2) is 0 Å². The van der Waals surface area contributed by atoms with Crippen LogP contribution in [-0.2, 0) is 9.53 Å². The van der Waals surface area contributed by atoms with Crippen molar-refractivity contribution in [2.24, 2.45) is 0 Å². The minimum Gasteiger partial charge on any atom is -0.459 e. The second-order valence-corrected chi connectivity index (χ2v) is 5.47. The van der Waals surface area contributed by atoms with Crippen molar-refractivity contribution >= 4 is 23.2 Å². The summed E-state index contributed by atoms with van der Waals surface area (Å²) in [7, 11) is 0. The third-order valence-corrected chi connectivity index (χ3v) is 3.65. The van der Waals surface area contributed by atoms with Gasteiger partial charge in [0.15, 0.2) is 5.76 Å². The molecule has 6 nitrogen and oxygen atoms in total. The highest BCUT2D eigenvalue weighted by Gasteiger charge is 2.24. The Morgan fingerprint density at radius 1 is 1.17 bits per heavy atom.